The van der Waals surface area contributed by atoms with E-state index < -0.39 is 11.7 Å². The fourth-order valence-corrected chi connectivity index (χ4v) is 2.84. The molecule has 5 nitrogen and oxygen atoms in total. The molecule has 2 aliphatic heterocycles. The summed E-state index contributed by atoms with van der Waals surface area (Å²) in [5, 5.41) is 3.05. The lowest BCUT2D eigenvalue weighted by molar-refractivity contribution is -0.138. The number of benzene rings is 1. The van der Waals surface area contributed by atoms with Gasteiger partial charge in [0.2, 0.25) is 5.91 Å². The fourth-order valence-electron chi connectivity index (χ4n) is 2.84. The molecule has 2 saturated heterocycles. The molecule has 0 bridgehead atoms. The van der Waals surface area contributed by atoms with Crippen molar-refractivity contribution in [2.45, 2.75) is 6.18 Å². The van der Waals surface area contributed by atoms with Gasteiger partial charge in [-0.1, -0.05) is 0 Å². The highest BCUT2D eigenvalue weighted by Gasteiger charge is 2.33. The van der Waals surface area contributed by atoms with E-state index in [2.05, 4.69) is 5.32 Å². The normalized spacial score (nSPS) is 19.1. The number of nitrogens with one attached hydrogen (secondary N) is 1. The van der Waals surface area contributed by atoms with Crippen LogP contribution in [0.4, 0.5) is 13.2 Å². The van der Waals surface area contributed by atoms with Crippen molar-refractivity contribution in [3.63, 3.8) is 0 Å². The van der Waals surface area contributed by atoms with Crippen LogP contribution in [0.2, 0.25) is 0 Å². The van der Waals surface area contributed by atoms with Gasteiger partial charge < -0.3 is 15.1 Å². The van der Waals surface area contributed by atoms with Crippen molar-refractivity contribution < 1.29 is 22.8 Å². The highest BCUT2D eigenvalue weighted by atomic mass is 19.4. The van der Waals surface area contributed by atoms with Crippen LogP contribution in [0, 0.1) is 5.92 Å². The van der Waals surface area contributed by atoms with Crippen molar-refractivity contribution in [2.24, 2.45) is 5.92 Å². The van der Waals surface area contributed by atoms with Gasteiger partial charge in [-0.25, -0.2) is 0 Å². The van der Waals surface area contributed by atoms with Crippen LogP contribution in [0.5, 0.6) is 0 Å². The molecule has 24 heavy (non-hydrogen) atoms. The second kappa shape index (κ2) is 6.43. The summed E-state index contributed by atoms with van der Waals surface area (Å²) >= 11 is 0. The Hall–Kier alpha value is -2.09. The second-order valence-corrected chi connectivity index (χ2v) is 6.05. The van der Waals surface area contributed by atoms with Gasteiger partial charge in [-0.05, 0) is 24.3 Å². The van der Waals surface area contributed by atoms with Gasteiger partial charge in [0.25, 0.3) is 5.91 Å². The smallest absolute Gasteiger partial charge is 0.339 e. The number of alkyl halides is 3. The Morgan fingerprint density at radius 1 is 0.958 bits per heavy atom. The molecule has 2 heterocycles. The van der Waals surface area contributed by atoms with Crippen molar-refractivity contribution in [1.82, 2.24) is 15.1 Å². The quantitative estimate of drug-likeness (QED) is 0.880. The molecular formula is C16H18F3N3O2. The Morgan fingerprint density at radius 2 is 1.50 bits per heavy atom. The summed E-state index contributed by atoms with van der Waals surface area (Å²) in [5.41, 5.74) is -0.547. The average molecular weight is 341 g/mol. The maximum atomic E-state index is 12.6. The van der Waals surface area contributed by atoms with Gasteiger partial charge in [-0.2, -0.15) is 13.2 Å². The molecular weight excluding hydrogens is 323 g/mol. The van der Waals surface area contributed by atoms with Crippen molar-refractivity contribution in [1.29, 1.82) is 0 Å². The molecule has 0 aliphatic carbocycles. The van der Waals surface area contributed by atoms with Crippen LogP contribution < -0.4 is 5.32 Å². The maximum absolute atomic E-state index is 12.6. The van der Waals surface area contributed by atoms with E-state index in [1.807, 2.05) is 0 Å². The Morgan fingerprint density at radius 3 is 1.96 bits per heavy atom. The van der Waals surface area contributed by atoms with E-state index in [0.29, 0.717) is 39.3 Å². The molecule has 1 N–H and O–H groups in total. The molecule has 0 unspecified atom stereocenters. The lowest BCUT2D eigenvalue weighted by atomic mass is 10.0. The first kappa shape index (κ1) is 16.8. The minimum Gasteiger partial charge on any atom is -0.339 e. The van der Waals surface area contributed by atoms with Gasteiger partial charge in [0.1, 0.15) is 0 Å². The molecule has 1 aromatic carbocycles. The fraction of sp³-hybridized carbons (Fsp3) is 0.500. The van der Waals surface area contributed by atoms with Crippen molar-refractivity contribution in [3.8, 4) is 0 Å². The highest BCUT2D eigenvalue weighted by molar-refractivity contribution is 5.94. The van der Waals surface area contributed by atoms with Gasteiger partial charge in [-0.15, -0.1) is 0 Å². The number of carbonyl (C=O) groups excluding carboxylic acids is 2. The van der Waals surface area contributed by atoms with E-state index in [4.69, 9.17) is 0 Å². The van der Waals surface area contributed by atoms with Gasteiger partial charge in [0.15, 0.2) is 0 Å². The first-order chi connectivity index (χ1) is 11.4. The predicted octanol–water partition coefficient (Wildman–Crippen LogP) is 1.21. The lowest BCUT2D eigenvalue weighted by Gasteiger charge is -2.38. The zero-order valence-corrected chi connectivity index (χ0v) is 13.0. The second-order valence-electron chi connectivity index (χ2n) is 6.05. The number of halogens is 3. The van der Waals surface area contributed by atoms with E-state index in [1.165, 1.54) is 12.1 Å². The molecule has 8 heteroatoms. The Kier molecular flexibility index (Phi) is 4.49. The molecule has 0 aromatic heterocycles. The van der Waals surface area contributed by atoms with Crippen LogP contribution in [0.25, 0.3) is 0 Å². The number of carbonyl (C=O) groups is 2. The number of hydrogen-bond acceptors (Lipinski definition) is 3. The molecule has 2 fully saturated rings. The minimum absolute atomic E-state index is 0.0298. The Labute approximate surface area is 137 Å². The van der Waals surface area contributed by atoms with Gasteiger partial charge in [-0.3, -0.25) is 9.59 Å². The number of amides is 2. The van der Waals surface area contributed by atoms with E-state index in [1.54, 1.807) is 9.80 Å². The molecule has 1 aromatic rings. The van der Waals surface area contributed by atoms with Crippen LogP contribution in [0.3, 0.4) is 0 Å². The summed E-state index contributed by atoms with van der Waals surface area (Å²) in [6.07, 6.45) is -4.41. The molecule has 0 atom stereocenters. The van der Waals surface area contributed by atoms with Crippen LogP contribution in [0.15, 0.2) is 24.3 Å². The summed E-state index contributed by atoms with van der Waals surface area (Å²) in [7, 11) is 0. The first-order valence-corrected chi connectivity index (χ1v) is 7.82. The third-order valence-electron chi connectivity index (χ3n) is 4.47. The van der Waals surface area contributed by atoms with Crippen molar-refractivity contribution in [3.05, 3.63) is 35.4 Å². The Bertz CT molecular complexity index is 618. The number of hydrogen-bond donors (Lipinski definition) is 1. The highest BCUT2D eigenvalue weighted by Crippen LogP contribution is 2.29. The number of nitrogens with zero attached hydrogens (tertiary/aromatic N) is 2. The monoisotopic (exact) mass is 341 g/mol. The molecule has 2 amide bonds. The third kappa shape index (κ3) is 3.38. The van der Waals surface area contributed by atoms with Gasteiger partial charge >= 0.3 is 6.18 Å². The molecule has 0 spiro atoms. The summed E-state index contributed by atoms with van der Waals surface area (Å²) in [4.78, 5) is 27.8. The van der Waals surface area contributed by atoms with Crippen LogP contribution in [0.1, 0.15) is 15.9 Å². The number of piperazine rings is 1. The summed E-state index contributed by atoms with van der Waals surface area (Å²) in [5.74, 6) is -0.168. The van der Waals surface area contributed by atoms with Crippen LogP contribution >= 0.6 is 0 Å². The Balaban J connectivity index is 1.57. The zero-order valence-electron chi connectivity index (χ0n) is 13.0. The van der Waals surface area contributed by atoms with Crippen molar-refractivity contribution >= 4 is 11.8 Å². The van der Waals surface area contributed by atoms with E-state index in [-0.39, 0.29) is 23.3 Å². The third-order valence-corrected chi connectivity index (χ3v) is 4.47. The van der Waals surface area contributed by atoms with Crippen LogP contribution in [-0.2, 0) is 11.0 Å². The maximum Gasteiger partial charge on any atom is 0.416 e. The zero-order chi connectivity index (χ0) is 17.3. The SMILES string of the molecule is O=C(c1ccc(C(F)(F)F)cc1)N1CCN(C(=O)C2CNC2)CC1. The van der Waals surface area contributed by atoms with E-state index in [0.717, 1.165) is 12.1 Å². The molecule has 0 saturated carbocycles. The summed E-state index contributed by atoms with van der Waals surface area (Å²) < 4.78 is 37.7. The lowest BCUT2D eigenvalue weighted by Crippen LogP contribution is -2.57. The molecule has 130 valence electrons. The van der Waals surface area contributed by atoms with Crippen LogP contribution in [-0.4, -0.2) is 60.9 Å². The van der Waals surface area contributed by atoms with Gasteiger partial charge in [0.05, 0.1) is 11.5 Å². The van der Waals surface area contributed by atoms with Crippen molar-refractivity contribution in [2.75, 3.05) is 39.3 Å². The minimum atomic E-state index is -4.41. The first-order valence-electron chi connectivity index (χ1n) is 7.82. The standard InChI is InChI=1S/C16H18F3N3O2/c17-16(18,19)13-3-1-11(2-4-13)14(23)21-5-7-22(8-6-21)15(24)12-9-20-10-12/h1-4,12,20H,5-10H2. The van der Waals surface area contributed by atoms with E-state index in [9.17, 15) is 22.8 Å². The van der Waals surface area contributed by atoms with Gasteiger partial charge in [0, 0.05) is 44.8 Å². The average Bonchev–Trinajstić information content (AvgIpc) is 2.52. The summed E-state index contributed by atoms with van der Waals surface area (Å²) in [6.45, 7) is 3.11. The van der Waals surface area contributed by atoms with E-state index >= 15 is 0 Å². The summed E-state index contributed by atoms with van der Waals surface area (Å²) in [6, 6.07) is 4.22. The topological polar surface area (TPSA) is 52.7 Å². The molecule has 2 aliphatic rings. The predicted molar refractivity (Wildman–Crippen MR) is 80.3 cm³/mol. The molecule has 0 radical (unpaired) electrons. The molecule has 3 rings (SSSR count). The largest absolute Gasteiger partial charge is 0.416 e. The number of rotatable bonds is 2.